The maximum Gasteiger partial charge on any atom is 0.252 e. The molecule has 4 rings (SSSR count). The third-order valence-corrected chi connectivity index (χ3v) is 4.02. The van der Waals surface area contributed by atoms with Gasteiger partial charge in [-0.15, -0.1) is 15.3 Å². The van der Waals surface area contributed by atoms with Crippen LogP contribution in [-0.2, 0) is 0 Å². The molecule has 0 unspecified atom stereocenters. The first kappa shape index (κ1) is 17.5. The number of carbonyl (C=O) groups excluding carboxylic acids is 1. The molecule has 0 aliphatic carbocycles. The smallest absolute Gasteiger partial charge is 0.252 e. The van der Waals surface area contributed by atoms with Crippen LogP contribution >= 0.6 is 0 Å². The number of anilines is 1. The molecule has 1 amide bonds. The number of amides is 1. The van der Waals surface area contributed by atoms with Crippen molar-refractivity contribution in [1.82, 2.24) is 30.1 Å². The minimum Gasteiger partial charge on any atom is -0.367 e. The van der Waals surface area contributed by atoms with E-state index in [-0.39, 0.29) is 5.91 Å². The molecular formula is C19H16FN7O. The number of nitrogens with zero attached hydrogens (tertiary/aromatic N) is 5. The molecule has 28 heavy (non-hydrogen) atoms. The summed E-state index contributed by atoms with van der Waals surface area (Å²) in [6.45, 7) is 0.859. The van der Waals surface area contributed by atoms with Crippen molar-refractivity contribution in [3.8, 4) is 11.4 Å². The minimum absolute atomic E-state index is 0.195. The van der Waals surface area contributed by atoms with E-state index >= 15 is 0 Å². The zero-order valence-corrected chi connectivity index (χ0v) is 14.7. The van der Waals surface area contributed by atoms with Gasteiger partial charge < -0.3 is 10.6 Å². The predicted molar refractivity (Wildman–Crippen MR) is 101 cm³/mol. The predicted octanol–water partition coefficient (Wildman–Crippen LogP) is 2.17. The second-order valence-corrected chi connectivity index (χ2v) is 5.92. The second kappa shape index (κ2) is 7.78. The highest BCUT2D eigenvalue weighted by Crippen LogP contribution is 2.21. The summed E-state index contributed by atoms with van der Waals surface area (Å²) >= 11 is 0. The maximum atomic E-state index is 14.1. The molecule has 9 heteroatoms. The lowest BCUT2D eigenvalue weighted by Gasteiger charge is -2.08. The Morgan fingerprint density at radius 3 is 2.75 bits per heavy atom. The van der Waals surface area contributed by atoms with Gasteiger partial charge in [-0.1, -0.05) is 12.1 Å². The minimum atomic E-state index is -0.393. The first-order chi connectivity index (χ1) is 13.7. The SMILES string of the molecule is O=C(NCCNc1ccc2nnc(-c3ccccc3F)n2n1)c1cccnc1. The number of aromatic nitrogens is 5. The number of pyridine rings is 1. The van der Waals surface area contributed by atoms with E-state index in [2.05, 4.69) is 30.9 Å². The van der Waals surface area contributed by atoms with Crippen molar-refractivity contribution in [1.29, 1.82) is 0 Å². The van der Waals surface area contributed by atoms with Crippen LogP contribution in [0.15, 0.2) is 60.9 Å². The van der Waals surface area contributed by atoms with Gasteiger partial charge in [0.15, 0.2) is 11.5 Å². The van der Waals surface area contributed by atoms with Crippen molar-refractivity contribution in [3.63, 3.8) is 0 Å². The van der Waals surface area contributed by atoms with E-state index in [9.17, 15) is 9.18 Å². The molecule has 3 aromatic heterocycles. The van der Waals surface area contributed by atoms with Crippen LogP contribution in [0.1, 0.15) is 10.4 Å². The third-order valence-electron chi connectivity index (χ3n) is 4.02. The summed E-state index contributed by atoms with van der Waals surface area (Å²) < 4.78 is 15.6. The van der Waals surface area contributed by atoms with E-state index in [0.717, 1.165) is 0 Å². The van der Waals surface area contributed by atoms with Gasteiger partial charge in [0.05, 0.1) is 11.1 Å². The summed E-state index contributed by atoms with van der Waals surface area (Å²) in [5.74, 6) is 0.288. The summed E-state index contributed by atoms with van der Waals surface area (Å²) in [6.07, 6.45) is 3.12. The zero-order chi connectivity index (χ0) is 19.3. The topological polar surface area (TPSA) is 97.1 Å². The van der Waals surface area contributed by atoms with Gasteiger partial charge >= 0.3 is 0 Å². The first-order valence-electron chi connectivity index (χ1n) is 8.62. The van der Waals surface area contributed by atoms with Gasteiger partial charge in [-0.3, -0.25) is 9.78 Å². The number of hydrogen-bond donors (Lipinski definition) is 2. The van der Waals surface area contributed by atoms with Gasteiger partial charge in [-0.2, -0.15) is 4.52 Å². The number of fused-ring (bicyclic) bond motifs is 1. The van der Waals surface area contributed by atoms with E-state index in [4.69, 9.17) is 0 Å². The standard InChI is InChI=1S/C19H16FN7O/c20-15-6-2-1-5-14(15)18-25-24-17-8-7-16(26-27(17)18)22-10-11-23-19(28)13-4-3-9-21-12-13/h1-9,12H,10-11H2,(H,22,26)(H,23,28). The van der Waals surface area contributed by atoms with E-state index in [0.29, 0.717) is 41.5 Å². The monoisotopic (exact) mass is 377 g/mol. The van der Waals surface area contributed by atoms with Crippen molar-refractivity contribution >= 4 is 17.4 Å². The normalized spacial score (nSPS) is 10.8. The molecule has 0 bridgehead atoms. The highest BCUT2D eigenvalue weighted by molar-refractivity contribution is 5.93. The van der Waals surface area contributed by atoms with Gasteiger partial charge in [0, 0.05) is 25.5 Å². The second-order valence-electron chi connectivity index (χ2n) is 5.92. The molecule has 4 aromatic rings. The van der Waals surface area contributed by atoms with Gasteiger partial charge in [0.25, 0.3) is 5.91 Å². The molecule has 140 valence electrons. The van der Waals surface area contributed by atoms with Gasteiger partial charge in [-0.05, 0) is 36.4 Å². The Kier molecular flexibility index (Phi) is 4.87. The number of benzene rings is 1. The van der Waals surface area contributed by atoms with Crippen molar-refractivity contribution in [3.05, 3.63) is 72.3 Å². The first-order valence-corrected chi connectivity index (χ1v) is 8.62. The molecule has 0 aliphatic heterocycles. The summed E-state index contributed by atoms with van der Waals surface area (Å²) in [5.41, 5.74) is 1.33. The van der Waals surface area contributed by atoms with E-state index < -0.39 is 5.82 Å². The Bertz CT molecular complexity index is 1110. The zero-order valence-electron chi connectivity index (χ0n) is 14.7. The molecule has 1 aromatic carbocycles. The van der Waals surface area contributed by atoms with Crippen LogP contribution in [0, 0.1) is 5.82 Å². The number of carbonyl (C=O) groups is 1. The van der Waals surface area contributed by atoms with Crippen molar-refractivity contribution in [2.75, 3.05) is 18.4 Å². The van der Waals surface area contributed by atoms with Crippen LogP contribution in [0.3, 0.4) is 0 Å². The molecule has 0 fully saturated rings. The average Bonchev–Trinajstić information content (AvgIpc) is 3.15. The fraction of sp³-hybridized carbons (Fsp3) is 0.105. The van der Waals surface area contributed by atoms with Crippen LogP contribution in [-0.4, -0.2) is 43.8 Å². The Hall–Kier alpha value is -3.88. The lowest BCUT2D eigenvalue weighted by Crippen LogP contribution is -2.29. The number of hydrogen-bond acceptors (Lipinski definition) is 6. The summed E-state index contributed by atoms with van der Waals surface area (Å²) in [4.78, 5) is 15.9. The molecule has 0 atom stereocenters. The van der Waals surface area contributed by atoms with Crippen LogP contribution < -0.4 is 10.6 Å². The molecule has 0 radical (unpaired) electrons. The third kappa shape index (κ3) is 3.63. The molecular weight excluding hydrogens is 361 g/mol. The Balaban J connectivity index is 1.43. The molecule has 0 spiro atoms. The Labute approximate surface area is 159 Å². The Morgan fingerprint density at radius 2 is 1.93 bits per heavy atom. The molecule has 8 nitrogen and oxygen atoms in total. The van der Waals surface area contributed by atoms with Crippen LogP contribution in [0.2, 0.25) is 0 Å². The van der Waals surface area contributed by atoms with Crippen LogP contribution in [0.25, 0.3) is 17.0 Å². The van der Waals surface area contributed by atoms with E-state index in [1.54, 1.807) is 48.7 Å². The molecule has 0 aliphatic rings. The number of nitrogens with one attached hydrogen (secondary N) is 2. The fourth-order valence-corrected chi connectivity index (χ4v) is 2.66. The quantitative estimate of drug-likeness (QED) is 0.500. The lowest BCUT2D eigenvalue weighted by atomic mass is 10.2. The largest absolute Gasteiger partial charge is 0.367 e. The number of rotatable bonds is 6. The fourth-order valence-electron chi connectivity index (χ4n) is 2.66. The van der Waals surface area contributed by atoms with Gasteiger partial charge in [-0.25, -0.2) is 4.39 Å². The summed E-state index contributed by atoms with van der Waals surface area (Å²) in [6, 6.07) is 13.2. The average molecular weight is 377 g/mol. The molecule has 0 saturated carbocycles. The lowest BCUT2D eigenvalue weighted by molar-refractivity contribution is 0.0955. The summed E-state index contributed by atoms with van der Waals surface area (Å²) in [7, 11) is 0. The van der Waals surface area contributed by atoms with Gasteiger partial charge in [0.2, 0.25) is 0 Å². The highest BCUT2D eigenvalue weighted by atomic mass is 19.1. The van der Waals surface area contributed by atoms with Crippen LogP contribution in [0.5, 0.6) is 0 Å². The molecule has 3 heterocycles. The molecule has 0 saturated heterocycles. The molecule has 2 N–H and O–H groups in total. The van der Waals surface area contributed by atoms with Crippen molar-refractivity contribution < 1.29 is 9.18 Å². The van der Waals surface area contributed by atoms with E-state index in [1.165, 1.54) is 16.8 Å². The van der Waals surface area contributed by atoms with E-state index in [1.807, 2.05) is 0 Å². The summed E-state index contributed by atoms with van der Waals surface area (Å²) in [5, 5.41) is 18.4. The van der Waals surface area contributed by atoms with Crippen molar-refractivity contribution in [2.45, 2.75) is 0 Å². The van der Waals surface area contributed by atoms with Crippen molar-refractivity contribution in [2.24, 2.45) is 0 Å². The van der Waals surface area contributed by atoms with Gasteiger partial charge in [0.1, 0.15) is 11.6 Å². The highest BCUT2D eigenvalue weighted by Gasteiger charge is 2.13. The van der Waals surface area contributed by atoms with Crippen LogP contribution in [0.4, 0.5) is 10.2 Å². The number of halogens is 1. The Morgan fingerprint density at radius 1 is 1.04 bits per heavy atom. The maximum absolute atomic E-state index is 14.1.